The van der Waals surface area contributed by atoms with Gasteiger partial charge in [-0.05, 0) is 17.7 Å². The fourth-order valence-electron chi connectivity index (χ4n) is 2.22. The Hall–Kier alpha value is -2.71. The topological polar surface area (TPSA) is 88.2 Å². The molecule has 0 saturated heterocycles. The van der Waals surface area contributed by atoms with Crippen molar-refractivity contribution in [1.29, 1.82) is 0 Å². The Labute approximate surface area is 149 Å². The van der Waals surface area contributed by atoms with Gasteiger partial charge in [-0.3, -0.25) is 14.8 Å². The van der Waals surface area contributed by atoms with E-state index in [0.717, 1.165) is 0 Å². The molecule has 0 fully saturated rings. The molecule has 0 spiro atoms. The number of carbonyl (C=O) groups is 1. The highest BCUT2D eigenvalue weighted by molar-refractivity contribution is 7.91. The number of anilines is 2. The number of amides is 1. The summed E-state index contributed by atoms with van der Waals surface area (Å²) in [5.41, 5.74) is 1.13. The number of rotatable bonds is 6. The van der Waals surface area contributed by atoms with E-state index in [1.165, 1.54) is 11.3 Å². The third kappa shape index (κ3) is 4.65. The number of sulfonamides is 1. The first-order valence-electron chi connectivity index (χ1n) is 7.38. The normalized spacial score (nSPS) is 11.0. The van der Waals surface area contributed by atoms with Gasteiger partial charge in [0.05, 0.1) is 17.0 Å². The molecule has 2 N–H and O–H groups in total. The molecular formula is C17H15N3O3S2. The Bertz CT molecular complexity index is 956. The third-order valence-corrected chi connectivity index (χ3v) is 5.22. The average molecular weight is 373 g/mol. The lowest BCUT2D eigenvalue weighted by atomic mass is 10.2. The summed E-state index contributed by atoms with van der Waals surface area (Å²) in [6.45, 7) is 0. The quantitative estimate of drug-likeness (QED) is 0.694. The maximum Gasteiger partial charge on any atom is 0.259 e. The van der Waals surface area contributed by atoms with E-state index in [2.05, 4.69) is 15.0 Å². The van der Waals surface area contributed by atoms with Crippen molar-refractivity contribution >= 4 is 38.1 Å². The Balaban J connectivity index is 1.79. The molecule has 6 nitrogen and oxygen atoms in total. The lowest BCUT2D eigenvalue weighted by Gasteiger charge is -2.12. The summed E-state index contributed by atoms with van der Waals surface area (Å²) in [7, 11) is -3.65. The molecule has 2 aromatic carbocycles. The molecule has 0 bridgehead atoms. The molecule has 0 aliphatic rings. The minimum atomic E-state index is -3.65. The molecule has 128 valence electrons. The predicted molar refractivity (Wildman–Crippen MR) is 99.2 cm³/mol. The highest BCUT2D eigenvalue weighted by atomic mass is 32.2. The van der Waals surface area contributed by atoms with Gasteiger partial charge in [0.25, 0.3) is 5.91 Å². The van der Waals surface area contributed by atoms with Gasteiger partial charge < -0.3 is 0 Å². The van der Waals surface area contributed by atoms with Crippen LogP contribution in [-0.2, 0) is 15.8 Å². The van der Waals surface area contributed by atoms with E-state index < -0.39 is 15.9 Å². The smallest absolute Gasteiger partial charge is 0.259 e. The van der Waals surface area contributed by atoms with Crippen LogP contribution in [0.5, 0.6) is 0 Å². The summed E-state index contributed by atoms with van der Waals surface area (Å²) >= 11 is 1.28. The van der Waals surface area contributed by atoms with Crippen molar-refractivity contribution in [2.24, 2.45) is 0 Å². The standard InChI is InChI=1S/C17H15N3O3S2/c21-16(19-17-18-10-11-24-17)14-8-4-5-9-15(14)20-25(22,23)12-13-6-2-1-3-7-13/h1-11,20H,12H2,(H,18,19,21). The zero-order valence-corrected chi connectivity index (χ0v) is 14.7. The number of nitrogens with one attached hydrogen (secondary N) is 2. The molecule has 1 heterocycles. The van der Waals surface area contributed by atoms with Crippen molar-refractivity contribution in [2.75, 3.05) is 10.0 Å². The molecule has 0 saturated carbocycles. The summed E-state index contributed by atoms with van der Waals surface area (Å²) in [4.78, 5) is 16.4. The van der Waals surface area contributed by atoms with Crippen LogP contribution in [0.15, 0.2) is 66.2 Å². The minimum absolute atomic E-state index is 0.170. The molecule has 8 heteroatoms. The fourth-order valence-corrected chi connectivity index (χ4v) is 3.96. The average Bonchev–Trinajstić information content (AvgIpc) is 3.08. The first-order valence-corrected chi connectivity index (χ1v) is 9.91. The van der Waals surface area contributed by atoms with Crippen molar-refractivity contribution in [3.05, 3.63) is 77.3 Å². The van der Waals surface area contributed by atoms with E-state index in [4.69, 9.17) is 0 Å². The molecule has 0 aliphatic heterocycles. The van der Waals surface area contributed by atoms with Crippen molar-refractivity contribution in [1.82, 2.24) is 4.98 Å². The number of hydrogen-bond donors (Lipinski definition) is 2. The van der Waals surface area contributed by atoms with E-state index in [0.29, 0.717) is 10.7 Å². The van der Waals surface area contributed by atoms with Gasteiger partial charge in [0.1, 0.15) is 0 Å². The Kier molecular flexibility index (Phi) is 5.11. The van der Waals surface area contributed by atoms with Crippen LogP contribution >= 0.6 is 11.3 Å². The third-order valence-electron chi connectivity index (χ3n) is 3.29. The second-order valence-electron chi connectivity index (χ2n) is 5.18. The lowest BCUT2D eigenvalue weighted by molar-refractivity contribution is 0.102. The number of benzene rings is 2. The van der Waals surface area contributed by atoms with Gasteiger partial charge >= 0.3 is 0 Å². The van der Waals surface area contributed by atoms with E-state index in [-0.39, 0.29) is 17.0 Å². The monoisotopic (exact) mass is 373 g/mol. The molecular weight excluding hydrogens is 358 g/mol. The van der Waals surface area contributed by atoms with Gasteiger partial charge in [-0.2, -0.15) is 0 Å². The van der Waals surface area contributed by atoms with Gasteiger partial charge in [-0.1, -0.05) is 42.5 Å². The van der Waals surface area contributed by atoms with Crippen molar-refractivity contribution in [3.8, 4) is 0 Å². The molecule has 0 unspecified atom stereocenters. The number of thiazole rings is 1. The Morgan fingerprint density at radius 1 is 1.04 bits per heavy atom. The van der Waals surface area contributed by atoms with Crippen LogP contribution in [0.3, 0.4) is 0 Å². The van der Waals surface area contributed by atoms with E-state index >= 15 is 0 Å². The summed E-state index contributed by atoms with van der Waals surface area (Å²) in [5.74, 6) is -0.594. The lowest BCUT2D eigenvalue weighted by Crippen LogP contribution is -2.19. The summed E-state index contributed by atoms with van der Waals surface area (Å²) in [5, 5.41) is 4.84. The van der Waals surface area contributed by atoms with Gasteiger partial charge in [-0.15, -0.1) is 11.3 Å². The molecule has 1 aromatic heterocycles. The van der Waals surface area contributed by atoms with Crippen LogP contribution in [0, 0.1) is 0 Å². The van der Waals surface area contributed by atoms with Gasteiger partial charge in [0, 0.05) is 11.6 Å². The van der Waals surface area contributed by atoms with E-state index in [1.807, 2.05) is 6.07 Å². The largest absolute Gasteiger partial charge is 0.298 e. The number of carbonyl (C=O) groups excluding carboxylic acids is 1. The number of nitrogens with zero attached hydrogens (tertiary/aromatic N) is 1. The van der Waals surface area contributed by atoms with Gasteiger partial charge in [0.2, 0.25) is 10.0 Å². The molecule has 0 radical (unpaired) electrons. The zero-order valence-electron chi connectivity index (χ0n) is 13.0. The van der Waals surface area contributed by atoms with Crippen molar-refractivity contribution in [3.63, 3.8) is 0 Å². The Morgan fingerprint density at radius 3 is 2.48 bits per heavy atom. The molecule has 3 aromatic rings. The maximum atomic E-state index is 12.4. The molecule has 0 atom stereocenters. The summed E-state index contributed by atoms with van der Waals surface area (Å²) in [6, 6.07) is 15.3. The van der Waals surface area contributed by atoms with Crippen molar-refractivity contribution in [2.45, 2.75) is 5.75 Å². The molecule has 25 heavy (non-hydrogen) atoms. The molecule has 0 aliphatic carbocycles. The zero-order chi connectivity index (χ0) is 17.7. The van der Waals surface area contributed by atoms with Gasteiger partial charge in [0.15, 0.2) is 5.13 Å². The highest BCUT2D eigenvalue weighted by Crippen LogP contribution is 2.20. The predicted octanol–water partition coefficient (Wildman–Crippen LogP) is 3.34. The molecule has 1 amide bonds. The SMILES string of the molecule is O=C(Nc1nccs1)c1ccccc1NS(=O)(=O)Cc1ccccc1. The van der Waals surface area contributed by atoms with Crippen LogP contribution in [0.2, 0.25) is 0 Å². The summed E-state index contributed by atoms with van der Waals surface area (Å²) in [6.07, 6.45) is 1.58. The first kappa shape index (κ1) is 17.1. The summed E-state index contributed by atoms with van der Waals surface area (Å²) < 4.78 is 27.3. The fraction of sp³-hybridized carbons (Fsp3) is 0.0588. The Morgan fingerprint density at radius 2 is 1.76 bits per heavy atom. The van der Waals surface area contributed by atoms with Crippen LogP contribution in [0.25, 0.3) is 0 Å². The second kappa shape index (κ2) is 7.45. The van der Waals surface area contributed by atoms with Crippen LogP contribution < -0.4 is 10.0 Å². The van der Waals surface area contributed by atoms with Crippen LogP contribution in [0.1, 0.15) is 15.9 Å². The maximum absolute atomic E-state index is 12.4. The van der Waals surface area contributed by atoms with Crippen LogP contribution in [0.4, 0.5) is 10.8 Å². The number of hydrogen-bond acceptors (Lipinski definition) is 5. The van der Waals surface area contributed by atoms with Crippen LogP contribution in [-0.4, -0.2) is 19.3 Å². The van der Waals surface area contributed by atoms with Gasteiger partial charge in [-0.25, -0.2) is 13.4 Å². The number of aromatic nitrogens is 1. The second-order valence-corrected chi connectivity index (χ2v) is 7.80. The van der Waals surface area contributed by atoms with E-state index in [1.54, 1.807) is 60.1 Å². The van der Waals surface area contributed by atoms with Crippen molar-refractivity contribution < 1.29 is 13.2 Å². The first-order chi connectivity index (χ1) is 12.0. The highest BCUT2D eigenvalue weighted by Gasteiger charge is 2.17. The minimum Gasteiger partial charge on any atom is -0.298 e. The molecule has 3 rings (SSSR count). The van der Waals surface area contributed by atoms with E-state index in [9.17, 15) is 13.2 Å². The number of para-hydroxylation sites is 1.